The summed E-state index contributed by atoms with van der Waals surface area (Å²) in [5.41, 5.74) is 1.33. The van der Waals surface area contributed by atoms with Crippen molar-refractivity contribution in [3.63, 3.8) is 0 Å². The van der Waals surface area contributed by atoms with E-state index < -0.39 is 5.97 Å². The average Bonchev–Trinajstić information content (AvgIpc) is 3.16. The number of tetrazole rings is 1. The molecule has 0 saturated carbocycles. The first-order chi connectivity index (χ1) is 13.2. The number of para-hydroxylation sites is 1. The zero-order valence-electron chi connectivity index (χ0n) is 14.7. The van der Waals surface area contributed by atoms with E-state index in [4.69, 9.17) is 4.74 Å². The second-order valence-corrected chi connectivity index (χ2v) is 5.50. The molecule has 0 aliphatic rings. The Bertz CT molecular complexity index is 898. The number of ether oxygens (including phenoxy) is 1. The quantitative estimate of drug-likeness (QED) is 0.581. The number of rotatable bonds is 7. The Morgan fingerprint density at radius 3 is 2.56 bits per heavy atom. The van der Waals surface area contributed by atoms with E-state index in [0.717, 1.165) is 5.56 Å². The van der Waals surface area contributed by atoms with Crippen molar-refractivity contribution in [2.24, 2.45) is 0 Å². The second kappa shape index (κ2) is 8.65. The van der Waals surface area contributed by atoms with Crippen LogP contribution in [-0.2, 0) is 20.9 Å². The highest BCUT2D eigenvalue weighted by molar-refractivity contribution is 5.97. The lowest BCUT2D eigenvalue weighted by atomic mass is 10.2. The number of anilines is 1. The molecule has 0 aliphatic carbocycles. The molecule has 1 amide bonds. The molecule has 0 fully saturated rings. The highest BCUT2D eigenvalue weighted by atomic mass is 16.5. The number of amides is 1. The number of hydrogen-bond acceptors (Lipinski definition) is 7. The Morgan fingerprint density at radius 2 is 1.85 bits per heavy atom. The van der Waals surface area contributed by atoms with Gasteiger partial charge in [0.25, 0.3) is 5.91 Å². The lowest BCUT2D eigenvalue weighted by Crippen LogP contribution is -2.39. The Morgan fingerprint density at radius 1 is 1.11 bits per heavy atom. The maximum Gasteiger partial charge on any atom is 0.326 e. The third-order valence-corrected chi connectivity index (χ3v) is 3.63. The predicted molar refractivity (Wildman–Crippen MR) is 96.5 cm³/mol. The van der Waals surface area contributed by atoms with E-state index in [-0.39, 0.29) is 25.6 Å². The standard InChI is InChI=1S/C18H18N6O3/c1-2-27-17(26)13-23(15-6-4-3-5-7-15)16(25)12-24-21-18(20-22-24)14-8-10-19-11-9-14/h3-11H,2,12-13H2,1H3. The molecule has 3 rings (SSSR count). The van der Waals surface area contributed by atoms with Crippen molar-refractivity contribution in [2.45, 2.75) is 13.5 Å². The third-order valence-electron chi connectivity index (χ3n) is 3.63. The summed E-state index contributed by atoms with van der Waals surface area (Å²) in [5.74, 6) is -0.450. The molecule has 138 valence electrons. The summed E-state index contributed by atoms with van der Waals surface area (Å²) in [6.07, 6.45) is 3.25. The van der Waals surface area contributed by atoms with Gasteiger partial charge in [-0.25, -0.2) is 0 Å². The molecule has 2 heterocycles. The molecule has 9 nitrogen and oxygen atoms in total. The first kappa shape index (κ1) is 18.2. The van der Waals surface area contributed by atoms with Gasteiger partial charge in [-0.15, -0.1) is 10.2 Å². The van der Waals surface area contributed by atoms with Crippen LogP contribution >= 0.6 is 0 Å². The lowest BCUT2D eigenvalue weighted by molar-refractivity contribution is -0.142. The molecule has 0 radical (unpaired) electrons. The molecule has 0 unspecified atom stereocenters. The Balaban J connectivity index is 1.76. The van der Waals surface area contributed by atoms with Gasteiger partial charge in [0.05, 0.1) is 6.61 Å². The molecule has 0 aliphatic heterocycles. The van der Waals surface area contributed by atoms with Crippen molar-refractivity contribution in [1.29, 1.82) is 0 Å². The fraction of sp³-hybridized carbons (Fsp3) is 0.222. The SMILES string of the molecule is CCOC(=O)CN(C(=O)Cn1nnc(-c2ccncc2)n1)c1ccccc1. The van der Waals surface area contributed by atoms with E-state index in [9.17, 15) is 9.59 Å². The van der Waals surface area contributed by atoms with Crippen molar-refractivity contribution >= 4 is 17.6 Å². The number of carbonyl (C=O) groups is 2. The van der Waals surface area contributed by atoms with Gasteiger partial charge in [-0.2, -0.15) is 4.80 Å². The molecule has 0 N–H and O–H groups in total. The van der Waals surface area contributed by atoms with Crippen molar-refractivity contribution in [3.05, 3.63) is 54.9 Å². The van der Waals surface area contributed by atoms with Gasteiger partial charge in [0.15, 0.2) is 0 Å². The molecule has 27 heavy (non-hydrogen) atoms. The molecule has 9 heteroatoms. The van der Waals surface area contributed by atoms with Crippen molar-refractivity contribution in [2.75, 3.05) is 18.1 Å². The fourth-order valence-electron chi connectivity index (χ4n) is 2.40. The summed E-state index contributed by atoms with van der Waals surface area (Å²) in [5, 5.41) is 12.1. The summed E-state index contributed by atoms with van der Waals surface area (Å²) in [4.78, 5) is 31.2. The Kier molecular flexibility index (Phi) is 5.83. The molecule has 0 spiro atoms. The van der Waals surface area contributed by atoms with E-state index >= 15 is 0 Å². The smallest absolute Gasteiger partial charge is 0.326 e. The van der Waals surface area contributed by atoms with Crippen LogP contribution < -0.4 is 4.90 Å². The van der Waals surface area contributed by atoms with E-state index in [2.05, 4.69) is 20.4 Å². The summed E-state index contributed by atoms with van der Waals surface area (Å²) < 4.78 is 4.97. The van der Waals surface area contributed by atoms with E-state index in [1.165, 1.54) is 9.70 Å². The average molecular weight is 366 g/mol. The van der Waals surface area contributed by atoms with Gasteiger partial charge < -0.3 is 4.74 Å². The molecule has 0 bridgehead atoms. The van der Waals surface area contributed by atoms with Gasteiger partial charge in [-0.05, 0) is 36.4 Å². The van der Waals surface area contributed by atoms with Crippen LogP contribution in [0.2, 0.25) is 0 Å². The van der Waals surface area contributed by atoms with Gasteiger partial charge in [0.2, 0.25) is 5.82 Å². The minimum Gasteiger partial charge on any atom is -0.465 e. The maximum atomic E-state index is 12.8. The zero-order valence-corrected chi connectivity index (χ0v) is 14.7. The third kappa shape index (κ3) is 4.72. The first-order valence-corrected chi connectivity index (χ1v) is 8.36. The number of aromatic nitrogens is 5. The van der Waals surface area contributed by atoms with Gasteiger partial charge in [-0.1, -0.05) is 18.2 Å². The molecule has 2 aromatic heterocycles. The summed E-state index contributed by atoms with van der Waals surface area (Å²) in [6.45, 7) is 1.61. The van der Waals surface area contributed by atoms with Gasteiger partial charge in [0.1, 0.15) is 13.1 Å². The minimum absolute atomic E-state index is 0.160. The Hall–Kier alpha value is -3.62. The van der Waals surface area contributed by atoms with Gasteiger partial charge >= 0.3 is 5.97 Å². The summed E-state index contributed by atoms with van der Waals surface area (Å²) >= 11 is 0. The van der Waals surface area contributed by atoms with E-state index in [0.29, 0.717) is 11.5 Å². The number of nitrogens with zero attached hydrogens (tertiary/aromatic N) is 6. The number of pyridine rings is 1. The number of carbonyl (C=O) groups excluding carboxylic acids is 2. The van der Waals surface area contributed by atoms with Gasteiger partial charge in [-0.3, -0.25) is 19.5 Å². The van der Waals surface area contributed by atoms with Crippen LogP contribution in [0, 0.1) is 0 Å². The van der Waals surface area contributed by atoms with Crippen molar-refractivity contribution < 1.29 is 14.3 Å². The van der Waals surface area contributed by atoms with Crippen molar-refractivity contribution in [3.8, 4) is 11.4 Å². The van der Waals surface area contributed by atoms with Crippen LogP contribution in [0.25, 0.3) is 11.4 Å². The molecular formula is C18H18N6O3. The molecule has 1 aromatic carbocycles. The van der Waals surface area contributed by atoms with Gasteiger partial charge in [0, 0.05) is 23.6 Å². The summed E-state index contributed by atoms with van der Waals surface area (Å²) in [7, 11) is 0. The largest absolute Gasteiger partial charge is 0.465 e. The number of hydrogen-bond donors (Lipinski definition) is 0. The molecule has 0 saturated heterocycles. The monoisotopic (exact) mass is 366 g/mol. The lowest BCUT2D eigenvalue weighted by Gasteiger charge is -2.21. The van der Waals surface area contributed by atoms with E-state index in [1.807, 2.05) is 6.07 Å². The predicted octanol–water partition coefficient (Wildman–Crippen LogP) is 1.33. The first-order valence-electron chi connectivity index (χ1n) is 8.36. The fourth-order valence-corrected chi connectivity index (χ4v) is 2.40. The van der Waals surface area contributed by atoms with Crippen LogP contribution in [0.15, 0.2) is 54.9 Å². The maximum absolute atomic E-state index is 12.8. The van der Waals surface area contributed by atoms with Crippen LogP contribution in [0.5, 0.6) is 0 Å². The number of benzene rings is 1. The highest BCUT2D eigenvalue weighted by Gasteiger charge is 2.21. The molecular weight excluding hydrogens is 348 g/mol. The second-order valence-electron chi connectivity index (χ2n) is 5.50. The van der Waals surface area contributed by atoms with Crippen LogP contribution in [0.4, 0.5) is 5.69 Å². The summed E-state index contributed by atoms with van der Waals surface area (Å²) in [6, 6.07) is 12.4. The minimum atomic E-state index is -0.487. The van der Waals surface area contributed by atoms with Crippen LogP contribution in [0.1, 0.15) is 6.92 Å². The van der Waals surface area contributed by atoms with Crippen LogP contribution in [0.3, 0.4) is 0 Å². The number of esters is 1. The topological polar surface area (TPSA) is 103 Å². The van der Waals surface area contributed by atoms with E-state index in [1.54, 1.807) is 55.7 Å². The highest BCUT2D eigenvalue weighted by Crippen LogP contribution is 2.15. The molecule has 3 aromatic rings. The molecule has 0 atom stereocenters. The normalized spacial score (nSPS) is 10.4. The van der Waals surface area contributed by atoms with Crippen molar-refractivity contribution in [1.82, 2.24) is 25.2 Å². The van der Waals surface area contributed by atoms with Crippen LogP contribution in [-0.4, -0.2) is 50.2 Å². The Labute approximate surface area is 155 Å². The zero-order chi connectivity index (χ0) is 19.1.